The quantitative estimate of drug-likeness (QED) is 0.473. The summed E-state index contributed by atoms with van der Waals surface area (Å²) in [6.45, 7) is 4.40. The highest BCUT2D eigenvalue weighted by Crippen LogP contribution is 2.22. The first-order valence-electron chi connectivity index (χ1n) is 10.9. The first kappa shape index (κ1) is 22.3. The molecule has 0 saturated heterocycles. The molecule has 2 aromatic carbocycles. The van der Waals surface area contributed by atoms with E-state index in [2.05, 4.69) is 10.4 Å². The van der Waals surface area contributed by atoms with Gasteiger partial charge in [-0.05, 0) is 50.1 Å². The number of carbonyl (C=O) groups is 1. The number of aryl methyl sites for hydroxylation is 2. The van der Waals surface area contributed by atoms with Gasteiger partial charge in [0, 0.05) is 42.9 Å². The Morgan fingerprint density at radius 3 is 2.42 bits per heavy atom. The van der Waals surface area contributed by atoms with Crippen LogP contribution in [-0.2, 0) is 24.8 Å². The number of methoxy groups -OCH3 is 1. The van der Waals surface area contributed by atoms with Gasteiger partial charge >= 0.3 is 0 Å². The summed E-state index contributed by atoms with van der Waals surface area (Å²) in [5, 5.41) is 7.49. The van der Waals surface area contributed by atoms with Gasteiger partial charge in [0.2, 0.25) is 5.91 Å². The smallest absolute Gasteiger partial charge is 0.277 e. The van der Waals surface area contributed by atoms with Gasteiger partial charge in [0.15, 0.2) is 0 Å². The number of nitrogens with zero attached hydrogens (tertiary/aromatic N) is 3. The Morgan fingerprint density at radius 2 is 1.76 bits per heavy atom. The Kier molecular flexibility index (Phi) is 6.31. The maximum absolute atomic E-state index is 13.2. The van der Waals surface area contributed by atoms with Crippen LogP contribution in [-0.4, -0.2) is 27.2 Å². The molecule has 0 fully saturated rings. The van der Waals surface area contributed by atoms with E-state index >= 15 is 0 Å². The topological polar surface area (TPSA) is 77.6 Å². The third-order valence-corrected chi connectivity index (χ3v) is 6.02. The zero-order chi connectivity index (χ0) is 23.5. The van der Waals surface area contributed by atoms with Gasteiger partial charge in [-0.2, -0.15) is 9.61 Å². The van der Waals surface area contributed by atoms with Crippen LogP contribution in [0.5, 0.6) is 5.75 Å². The van der Waals surface area contributed by atoms with Crippen molar-refractivity contribution < 1.29 is 9.53 Å². The van der Waals surface area contributed by atoms with E-state index in [9.17, 15) is 9.59 Å². The minimum Gasteiger partial charge on any atom is -0.497 e. The molecular formula is C26H28N4O3. The van der Waals surface area contributed by atoms with E-state index in [4.69, 9.17) is 4.74 Å². The minimum atomic E-state index is -0.188. The van der Waals surface area contributed by atoms with Crippen molar-refractivity contribution in [2.75, 3.05) is 7.11 Å². The van der Waals surface area contributed by atoms with Gasteiger partial charge in [-0.1, -0.05) is 29.8 Å². The van der Waals surface area contributed by atoms with Gasteiger partial charge in [0.1, 0.15) is 11.4 Å². The number of rotatable bonds is 7. The Morgan fingerprint density at radius 1 is 1.06 bits per heavy atom. The number of fused-ring (bicyclic) bond motifs is 1. The van der Waals surface area contributed by atoms with Crippen LogP contribution in [0, 0.1) is 13.8 Å². The second-order valence-electron chi connectivity index (χ2n) is 8.22. The lowest BCUT2D eigenvalue weighted by Gasteiger charge is -2.12. The van der Waals surface area contributed by atoms with Crippen LogP contribution in [0.4, 0.5) is 0 Å². The number of hydrogen-bond acceptors (Lipinski definition) is 4. The molecule has 0 spiro atoms. The molecule has 2 heterocycles. The highest BCUT2D eigenvalue weighted by atomic mass is 16.5. The van der Waals surface area contributed by atoms with Gasteiger partial charge < -0.3 is 14.6 Å². The van der Waals surface area contributed by atoms with Crippen molar-refractivity contribution in [3.8, 4) is 17.0 Å². The molecule has 4 rings (SSSR count). The first-order valence-corrected chi connectivity index (χ1v) is 10.9. The Labute approximate surface area is 192 Å². The van der Waals surface area contributed by atoms with Gasteiger partial charge in [-0.15, -0.1) is 0 Å². The molecule has 0 aliphatic rings. The zero-order valence-corrected chi connectivity index (χ0v) is 19.4. The molecule has 7 heteroatoms. The predicted octanol–water partition coefficient (Wildman–Crippen LogP) is 3.57. The van der Waals surface area contributed by atoms with Crippen molar-refractivity contribution >= 4 is 11.6 Å². The molecule has 170 valence electrons. The molecule has 2 aromatic heterocycles. The van der Waals surface area contributed by atoms with Crippen molar-refractivity contribution in [1.29, 1.82) is 0 Å². The summed E-state index contributed by atoms with van der Waals surface area (Å²) >= 11 is 0. The van der Waals surface area contributed by atoms with Crippen LogP contribution in [0.15, 0.2) is 59.4 Å². The number of aromatic nitrogens is 3. The van der Waals surface area contributed by atoms with Crippen LogP contribution in [0.3, 0.4) is 0 Å². The second kappa shape index (κ2) is 9.32. The van der Waals surface area contributed by atoms with Crippen molar-refractivity contribution in [1.82, 2.24) is 19.5 Å². The Bertz CT molecular complexity index is 1350. The highest BCUT2D eigenvalue weighted by Gasteiger charge is 2.16. The van der Waals surface area contributed by atoms with E-state index < -0.39 is 0 Å². The molecule has 0 atom stereocenters. The number of carbonyl (C=O) groups excluding carboxylic acids is 1. The van der Waals surface area contributed by atoms with E-state index in [1.165, 1.54) is 10.1 Å². The summed E-state index contributed by atoms with van der Waals surface area (Å²) in [4.78, 5) is 25.6. The normalized spacial score (nSPS) is 11.0. The summed E-state index contributed by atoms with van der Waals surface area (Å²) in [6, 6.07) is 17.5. The van der Waals surface area contributed by atoms with Gasteiger partial charge in [-0.25, -0.2) is 0 Å². The predicted molar refractivity (Wildman–Crippen MR) is 129 cm³/mol. The van der Waals surface area contributed by atoms with Crippen LogP contribution >= 0.6 is 0 Å². The first-order chi connectivity index (χ1) is 15.9. The third kappa shape index (κ3) is 4.67. The molecule has 0 bridgehead atoms. The lowest BCUT2D eigenvalue weighted by Crippen LogP contribution is -2.27. The van der Waals surface area contributed by atoms with Crippen molar-refractivity contribution in [3.05, 3.63) is 87.3 Å². The van der Waals surface area contributed by atoms with E-state index in [1.807, 2.05) is 80.1 Å². The van der Waals surface area contributed by atoms with Crippen LogP contribution in [0.25, 0.3) is 16.9 Å². The number of nitrogens with one attached hydrogen (secondary N) is 1. The van der Waals surface area contributed by atoms with Crippen LogP contribution < -0.4 is 15.6 Å². The fraction of sp³-hybridized carbons (Fsp3) is 0.269. The molecule has 0 aliphatic carbocycles. The summed E-state index contributed by atoms with van der Waals surface area (Å²) in [5.74, 6) is 0.674. The Balaban J connectivity index is 1.53. The molecule has 0 unspecified atom stereocenters. The lowest BCUT2D eigenvalue weighted by molar-refractivity contribution is -0.121. The SMILES string of the molecule is COc1ccc(-c2cc3n(C)c(C)c(CCC(=O)NCc4ccc(C)cc4)c(=O)n3n2)cc1. The fourth-order valence-electron chi connectivity index (χ4n) is 3.84. The summed E-state index contributed by atoms with van der Waals surface area (Å²) < 4.78 is 8.58. The van der Waals surface area contributed by atoms with E-state index in [0.29, 0.717) is 29.9 Å². The second-order valence-corrected chi connectivity index (χ2v) is 8.22. The maximum atomic E-state index is 13.2. The molecule has 4 aromatic rings. The highest BCUT2D eigenvalue weighted by molar-refractivity contribution is 5.76. The zero-order valence-electron chi connectivity index (χ0n) is 19.4. The largest absolute Gasteiger partial charge is 0.497 e. The summed E-state index contributed by atoms with van der Waals surface area (Å²) in [7, 11) is 3.53. The summed E-state index contributed by atoms with van der Waals surface area (Å²) in [5.41, 5.74) is 5.78. The van der Waals surface area contributed by atoms with Gasteiger partial charge in [0.25, 0.3) is 5.56 Å². The molecule has 0 saturated carbocycles. The van der Waals surface area contributed by atoms with Crippen molar-refractivity contribution in [3.63, 3.8) is 0 Å². The van der Waals surface area contributed by atoms with Crippen molar-refractivity contribution in [2.45, 2.75) is 33.2 Å². The van der Waals surface area contributed by atoms with E-state index in [-0.39, 0.29) is 17.9 Å². The average molecular weight is 445 g/mol. The number of ether oxygens (including phenoxy) is 1. The molecule has 1 N–H and O–H groups in total. The van der Waals surface area contributed by atoms with Gasteiger partial charge in [-0.3, -0.25) is 9.59 Å². The van der Waals surface area contributed by atoms with Crippen LogP contribution in [0.2, 0.25) is 0 Å². The van der Waals surface area contributed by atoms with E-state index in [1.54, 1.807) is 7.11 Å². The number of benzene rings is 2. The van der Waals surface area contributed by atoms with E-state index in [0.717, 1.165) is 22.6 Å². The fourth-order valence-corrected chi connectivity index (χ4v) is 3.84. The maximum Gasteiger partial charge on any atom is 0.277 e. The number of hydrogen-bond donors (Lipinski definition) is 1. The van der Waals surface area contributed by atoms with Crippen molar-refractivity contribution in [2.24, 2.45) is 7.05 Å². The monoisotopic (exact) mass is 444 g/mol. The average Bonchev–Trinajstić information content (AvgIpc) is 3.28. The molecular weight excluding hydrogens is 416 g/mol. The summed E-state index contributed by atoms with van der Waals surface area (Å²) in [6.07, 6.45) is 0.589. The van der Waals surface area contributed by atoms with Crippen LogP contribution in [0.1, 0.15) is 28.8 Å². The molecule has 1 amide bonds. The van der Waals surface area contributed by atoms with Gasteiger partial charge in [0.05, 0.1) is 12.8 Å². The third-order valence-electron chi connectivity index (χ3n) is 6.02. The Hall–Kier alpha value is -3.87. The molecule has 33 heavy (non-hydrogen) atoms. The standard InChI is InChI=1S/C26H28N4O3/c1-17-5-7-19(8-6-17)16-27-24(31)14-13-22-18(2)29(3)25-15-23(28-30(25)26(22)32)20-9-11-21(33-4)12-10-20/h5-12,15H,13-14,16H2,1-4H3,(H,27,31). The molecule has 0 radical (unpaired) electrons. The lowest BCUT2D eigenvalue weighted by atomic mass is 10.1. The molecule has 0 aliphatic heterocycles. The number of amides is 1. The molecule has 7 nitrogen and oxygen atoms in total. The minimum absolute atomic E-state index is 0.0866.